The van der Waals surface area contributed by atoms with Crippen molar-refractivity contribution in [3.63, 3.8) is 0 Å². The molecule has 474 valence electrons. The number of esters is 2. The van der Waals surface area contributed by atoms with E-state index in [9.17, 15) is 19.0 Å². The molecule has 0 fully saturated rings. The van der Waals surface area contributed by atoms with E-state index >= 15 is 0 Å². The van der Waals surface area contributed by atoms with E-state index in [-0.39, 0.29) is 38.6 Å². The van der Waals surface area contributed by atoms with Crippen LogP contribution in [0.4, 0.5) is 0 Å². The van der Waals surface area contributed by atoms with Crippen LogP contribution in [0.3, 0.4) is 0 Å². The molecule has 0 rings (SSSR count). The molecular formula is C73H124NO8P. The van der Waals surface area contributed by atoms with Gasteiger partial charge >= 0.3 is 19.8 Å². The summed E-state index contributed by atoms with van der Waals surface area (Å²) in [4.78, 5) is 35.3. The zero-order chi connectivity index (χ0) is 60.1. The van der Waals surface area contributed by atoms with Crippen LogP contribution in [0.15, 0.2) is 134 Å². The first-order valence-corrected chi connectivity index (χ1v) is 35.2. The lowest BCUT2D eigenvalue weighted by Crippen LogP contribution is -2.29. The van der Waals surface area contributed by atoms with Crippen molar-refractivity contribution in [1.29, 1.82) is 0 Å². The van der Waals surface area contributed by atoms with Gasteiger partial charge in [0.15, 0.2) is 6.10 Å². The molecule has 0 aliphatic carbocycles. The SMILES string of the molecule is CC/C=C\C/C=C\C/C=C\C/C=C\C/C=C\C/C=C\C/C=C\C/C=C\CCCCCCCCCCCCCCCCC(=O)OC(COC(=O)CCCCCCCCCC/C=C\C/C=C\C/C=C\CCCCCCC)COP(=O)(O)OCCN. The Morgan fingerprint density at radius 3 is 0.988 bits per heavy atom. The molecule has 3 N–H and O–H groups in total. The van der Waals surface area contributed by atoms with Gasteiger partial charge in [-0.15, -0.1) is 0 Å². The van der Waals surface area contributed by atoms with Gasteiger partial charge < -0.3 is 20.1 Å². The molecule has 0 aliphatic heterocycles. The second kappa shape index (κ2) is 67.3. The summed E-state index contributed by atoms with van der Waals surface area (Å²) in [6, 6.07) is 0. The minimum absolute atomic E-state index is 0.0472. The number of ether oxygens (including phenoxy) is 2. The molecule has 9 nitrogen and oxygen atoms in total. The van der Waals surface area contributed by atoms with E-state index in [1.807, 2.05) is 0 Å². The van der Waals surface area contributed by atoms with Crippen LogP contribution >= 0.6 is 7.82 Å². The average Bonchev–Trinajstić information content (AvgIpc) is 3.48. The van der Waals surface area contributed by atoms with Gasteiger partial charge in [-0.3, -0.25) is 18.6 Å². The molecule has 0 aromatic carbocycles. The fourth-order valence-corrected chi connectivity index (χ4v) is 9.84. The zero-order valence-electron chi connectivity index (χ0n) is 53.1. The highest BCUT2D eigenvalue weighted by molar-refractivity contribution is 7.47. The van der Waals surface area contributed by atoms with Gasteiger partial charge in [0.25, 0.3) is 0 Å². The number of hydrogen-bond donors (Lipinski definition) is 2. The molecule has 0 heterocycles. The molecule has 0 aliphatic rings. The lowest BCUT2D eigenvalue weighted by molar-refractivity contribution is -0.161. The Bertz CT molecular complexity index is 1820. The maximum Gasteiger partial charge on any atom is 0.472 e. The van der Waals surface area contributed by atoms with Gasteiger partial charge in [0.2, 0.25) is 0 Å². The van der Waals surface area contributed by atoms with Gasteiger partial charge in [0.05, 0.1) is 13.2 Å². The quantitative estimate of drug-likeness (QED) is 0.0264. The summed E-state index contributed by atoms with van der Waals surface area (Å²) in [5, 5.41) is 0. The lowest BCUT2D eigenvalue weighted by Gasteiger charge is -2.19. The maximum absolute atomic E-state index is 12.8. The summed E-state index contributed by atoms with van der Waals surface area (Å²) in [7, 11) is -4.40. The number of phosphoric ester groups is 1. The van der Waals surface area contributed by atoms with Crippen LogP contribution in [0, 0.1) is 0 Å². The first kappa shape index (κ1) is 79.2. The summed E-state index contributed by atoms with van der Waals surface area (Å²) < 4.78 is 33.1. The van der Waals surface area contributed by atoms with E-state index in [1.54, 1.807) is 0 Å². The highest BCUT2D eigenvalue weighted by atomic mass is 31.2. The standard InChI is InChI=1S/C73H124NO8P/c1-3-5-7-9-11-13-15-17-19-21-23-25-27-28-29-30-31-32-33-34-35-36-37-38-39-40-41-42-44-46-48-50-52-54-56-58-60-62-64-66-73(76)82-71(70-81-83(77,78)80-68-67-74)69-79-72(75)65-63-61-59-57-55-53-51-49-47-45-43-26-24-22-20-18-16-14-12-10-8-6-4-2/h5,7,11,13,16-19,22-25,28-29,31-32,34-35,37-38,43,45,71H,3-4,6,8-10,12,14-15,20-21,26-27,30,33,36,39-42,44,46-70,74H2,1-2H3,(H,77,78)/b7-5-,13-11-,18-16-,19-17-,24-22-,25-23-,29-28-,32-31-,35-34-,38-37-,45-43-. The van der Waals surface area contributed by atoms with Gasteiger partial charge in [0, 0.05) is 19.4 Å². The predicted molar refractivity (Wildman–Crippen MR) is 357 cm³/mol. The molecule has 2 unspecified atom stereocenters. The number of phosphoric acid groups is 1. The van der Waals surface area contributed by atoms with Gasteiger partial charge in [-0.1, -0.05) is 289 Å². The van der Waals surface area contributed by atoms with Crippen molar-refractivity contribution in [2.24, 2.45) is 5.73 Å². The normalized spacial score (nSPS) is 13.8. The lowest BCUT2D eigenvalue weighted by atomic mass is 10.0. The van der Waals surface area contributed by atoms with Crippen molar-refractivity contribution < 1.29 is 37.6 Å². The second-order valence-electron chi connectivity index (χ2n) is 22.0. The Balaban J connectivity index is 3.93. The number of allylic oxidation sites excluding steroid dienone is 22. The maximum atomic E-state index is 12.8. The van der Waals surface area contributed by atoms with E-state index in [2.05, 4.69) is 148 Å². The van der Waals surface area contributed by atoms with Crippen molar-refractivity contribution in [2.45, 2.75) is 290 Å². The number of carbonyl (C=O) groups excluding carboxylic acids is 2. The summed E-state index contributed by atoms with van der Waals surface area (Å²) in [6.07, 6.45) is 95.3. The minimum Gasteiger partial charge on any atom is -0.462 e. The largest absolute Gasteiger partial charge is 0.472 e. The molecule has 0 radical (unpaired) electrons. The Hall–Kier alpha value is -3.85. The van der Waals surface area contributed by atoms with Crippen LogP contribution in [0.25, 0.3) is 0 Å². The second-order valence-corrected chi connectivity index (χ2v) is 23.4. The molecule has 0 amide bonds. The summed E-state index contributed by atoms with van der Waals surface area (Å²) >= 11 is 0. The number of unbranched alkanes of at least 4 members (excludes halogenated alkanes) is 27. The number of rotatable bonds is 62. The van der Waals surface area contributed by atoms with E-state index in [0.29, 0.717) is 6.42 Å². The molecule has 10 heteroatoms. The third-order valence-corrected chi connectivity index (χ3v) is 15.0. The molecular weight excluding hydrogens is 1050 g/mol. The Morgan fingerprint density at radius 1 is 0.373 bits per heavy atom. The van der Waals surface area contributed by atoms with E-state index in [4.69, 9.17) is 24.3 Å². The van der Waals surface area contributed by atoms with Crippen molar-refractivity contribution in [3.05, 3.63) is 134 Å². The van der Waals surface area contributed by atoms with Crippen molar-refractivity contribution >= 4 is 19.8 Å². The van der Waals surface area contributed by atoms with Crippen molar-refractivity contribution in [1.82, 2.24) is 0 Å². The molecule has 0 bridgehead atoms. The number of carbonyl (C=O) groups is 2. The molecule has 0 saturated heterocycles. The van der Waals surface area contributed by atoms with Crippen LogP contribution in [0.1, 0.15) is 284 Å². The molecule has 2 atom stereocenters. The summed E-state index contributed by atoms with van der Waals surface area (Å²) in [5.74, 6) is -0.837. The number of nitrogens with two attached hydrogens (primary N) is 1. The monoisotopic (exact) mass is 1170 g/mol. The topological polar surface area (TPSA) is 134 Å². The molecule has 0 aromatic heterocycles. The summed E-state index contributed by atoms with van der Waals surface area (Å²) in [5.41, 5.74) is 5.40. The van der Waals surface area contributed by atoms with Crippen molar-refractivity contribution in [3.8, 4) is 0 Å². The summed E-state index contributed by atoms with van der Waals surface area (Å²) in [6.45, 7) is 3.62. The number of hydrogen-bond acceptors (Lipinski definition) is 8. The smallest absolute Gasteiger partial charge is 0.462 e. The third-order valence-electron chi connectivity index (χ3n) is 14.0. The Morgan fingerprint density at radius 2 is 0.663 bits per heavy atom. The van der Waals surface area contributed by atoms with Crippen LogP contribution in [-0.2, 0) is 32.7 Å². The minimum atomic E-state index is -4.40. The van der Waals surface area contributed by atoms with Crippen LogP contribution in [0.5, 0.6) is 0 Å². The van der Waals surface area contributed by atoms with Crippen LogP contribution in [0.2, 0.25) is 0 Å². The van der Waals surface area contributed by atoms with Gasteiger partial charge in [-0.25, -0.2) is 4.57 Å². The fourth-order valence-electron chi connectivity index (χ4n) is 9.07. The van der Waals surface area contributed by atoms with Gasteiger partial charge in [-0.05, 0) is 116 Å². The zero-order valence-corrected chi connectivity index (χ0v) is 54.0. The Labute approximate surface area is 510 Å². The van der Waals surface area contributed by atoms with Gasteiger partial charge in [0.1, 0.15) is 6.61 Å². The molecule has 83 heavy (non-hydrogen) atoms. The van der Waals surface area contributed by atoms with Crippen LogP contribution < -0.4 is 5.73 Å². The average molecular weight is 1170 g/mol. The first-order chi connectivity index (χ1) is 40.8. The van der Waals surface area contributed by atoms with E-state index in [0.717, 1.165) is 116 Å². The van der Waals surface area contributed by atoms with Crippen LogP contribution in [-0.4, -0.2) is 49.3 Å². The van der Waals surface area contributed by atoms with E-state index in [1.165, 1.54) is 135 Å². The predicted octanol–water partition coefficient (Wildman–Crippen LogP) is 22.1. The highest BCUT2D eigenvalue weighted by Gasteiger charge is 2.26. The molecule has 0 saturated carbocycles. The Kier molecular flexibility index (Phi) is 64.2. The molecule has 0 aromatic rings. The fraction of sp³-hybridized carbons (Fsp3) is 0.671. The highest BCUT2D eigenvalue weighted by Crippen LogP contribution is 2.43. The van der Waals surface area contributed by atoms with Crippen molar-refractivity contribution in [2.75, 3.05) is 26.4 Å². The third kappa shape index (κ3) is 67.2. The molecule has 0 spiro atoms. The first-order valence-electron chi connectivity index (χ1n) is 33.7. The van der Waals surface area contributed by atoms with Gasteiger partial charge in [-0.2, -0.15) is 0 Å². The van der Waals surface area contributed by atoms with E-state index < -0.39 is 26.5 Å².